The molecule has 1 amide bonds. The molecule has 0 aromatic heterocycles. The number of carbonyl (C=O) groups excluding carboxylic acids is 1. The molecule has 0 saturated carbocycles. The van der Waals surface area contributed by atoms with Crippen molar-refractivity contribution in [3.8, 4) is 23.8 Å². The van der Waals surface area contributed by atoms with Crippen LogP contribution in [-0.2, 0) is 15.0 Å². The number of piperazine rings is 1. The van der Waals surface area contributed by atoms with E-state index >= 15 is 0 Å². The van der Waals surface area contributed by atoms with Crippen LogP contribution in [-0.4, -0.2) is 81.0 Å². The van der Waals surface area contributed by atoms with Gasteiger partial charge < -0.3 is 14.7 Å². The molecule has 1 aliphatic heterocycles. The minimum atomic E-state index is -3.93. The van der Waals surface area contributed by atoms with Crippen LogP contribution in [0, 0.1) is 29.2 Å². The van der Waals surface area contributed by atoms with E-state index in [1.54, 1.807) is 38.2 Å². The van der Waals surface area contributed by atoms with Crippen LogP contribution in [0.1, 0.15) is 35.3 Å². The molecule has 0 unspecified atom stereocenters. The lowest BCUT2D eigenvalue weighted by Gasteiger charge is -2.36. The fourth-order valence-corrected chi connectivity index (χ4v) is 5.46. The van der Waals surface area contributed by atoms with Crippen LogP contribution in [0.5, 0.6) is 5.75 Å². The van der Waals surface area contributed by atoms with Gasteiger partial charge in [-0.25, -0.2) is 4.90 Å². The minimum absolute atomic E-state index is 0.223. The number of amides is 1. The van der Waals surface area contributed by atoms with Gasteiger partial charge in [-0.2, -0.15) is 22.7 Å². The summed E-state index contributed by atoms with van der Waals surface area (Å²) in [7, 11) is -1.11. The van der Waals surface area contributed by atoms with Crippen molar-refractivity contribution >= 4 is 27.8 Å². The number of nitrogens with one attached hydrogen (secondary N) is 1. The maximum atomic E-state index is 12.7. The number of nitriles is 1. The Balaban J connectivity index is 1.66. The third-order valence-electron chi connectivity index (χ3n) is 6.26. The first-order chi connectivity index (χ1) is 18.5. The van der Waals surface area contributed by atoms with Gasteiger partial charge in [-0.3, -0.25) is 9.59 Å². The second-order valence-electron chi connectivity index (χ2n) is 9.25. The van der Waals surface area contributed by atoms with Gasteiger partial charge in [0.2, 0.25) is 0 Å². The van der Waals surface area contributed by atoms with Crippen molar-refractivity contribution in [3.05, 3.63) is 59.2 Å². The summed E-state index contributed by atoms with van der Waals surface area (Å²) in [6.07, 6.45) is 1.78. The zero-order valence-electron chi connectivity index (χ0n) is 22.2. The van der Waals surface area contributed by atoms with Crippen LogP contribution in [0.3, 0.4) is 0 Å². The molecule has 0 aliphatic carbocycles. The average molecular weight is 554 g/mol. The topological polar surface area (TPSA) is 143 Å². The summed E-state index contributed by atoms with van der Waals surface area (Å²) in [6.45, 7) is 4.65. The third kappa shape index (κ3) is 7.27. The Morgan fingerprint density at radius 2 is 1.64 bits per heavy atom. The summed E-state index contributed by atoms with van der Waals surface area (Å²) in [5.74, 6) is 4.34. The zero-order valence-corrected chi connectivity index (χ0v) is 23.0. The van der Waals surface area contributed by atoms with Gasteiger partial charge in [-0.05, 0) is 48.4 Å². The molecule has 1 saturated heterocycles. The highest BCUT2D eigenvalue weighted by molar-refractivity contribution is 7.87. The second kappa shape index (κ2) is 12.6. The zero-order chi connectivity index (χ0) is 28.7. The van der Waals surface area contributed by atoms with E-state index in [1.807, 2.05) is 29.2 Å². The first kappa shape index (κ1) is 29.5. The summed E-state index contributed by atoms with van der Waals surface area (Å²) in [4.78, 5) is 26.8. The first-order valence-electron chi connectivity index (χ1n) is 12.2. The molecule has 1 aliphatic rings. The predicted octanol–water partition coefficient (Wildman–Crippen LogP) is 1.71. The van der Waals surface area contributed by atoms with E-state index in [-0.39, 0.29) is 24.6 Å². The third-order valence-corrected chi connectivity index (χ3v) is 7.85. The largest absolute Gasteiger partial charge is 0.496 e. The minimum Gasteiger partial charge on any atom is -0.496 e. The summed E-state index contributed by atoms with van der Waals surface area (Å²) < 4.78 is 34.2. The average Bonchev–Trinajstić information content (AvgIpc) is 2.93. The standard InChI is InChI=1S/C27H31N5O6S/c1-19(2)25(27(34)35)29-39(36,37)32-15-13-31(14-16-32)22-10-7-20(8-11-22)5-6-21-9-12-24(38-4)23(17-21)26(33)30(3)18-28/h7-12,17,19,25,29H,13-16H2,1-4H3,(H,34,35)/t25-/m1/s1. The Hall–Kier alpha value is -4.10. The number of carboxylic acids is 1. The van der Waals surface area contributed by atoms with Crippen molar-refractivity contribution in [3.63, 3.8) is 0 Å². The monoisotopic (exact) mass is 553 g/mol. The molecule has 0 bridgehead atoms. The molecule has 3 rings (SSSR count). The number of benzene rings is 2. The summed E-state index contributed by atoms with van der Waals surface area (Å²) in [5, 5.41) is 18.3. The molecule has 39 heavy (non-hydrogen) atoms. The highest BCUT2D eigenvalue weighted by Gasteiger charge is 2.33. The Morgan fingerprint density at radius 3 is 2.18 bits per heavy atom. The SMILES string of the molecule is COc1ccc(C#Cc2ccc(N3CCN(S(=O)(=O)N[C@@H](C(=O)O)C(C)C)CC3)cc2)cc1C(=O)N(C)C#N. The number of carbonyl (C=O) groups is 2. The predicted molar refractivity (Wildman–Crippen MR) is 145 cm³/mol. The van der Waals surface area contributed by atoms with Gasteiger partial charge in [0.25, 0.3) is 16.1 Å². The van der Waals surface area contributed by atoms with Gasteiger partial charge in [0, 0.05) is 50.0 Å². The Kier molecular flexibility index (Phi) is 9.54. The fraction of sp³-hybridized carbons (Fsp3) is 0.370. The lowest BCUT2D eigenvalue weighted by Crippen LogP contribution is -2.55. The number of hydrogen-bond acceptors (Lipinski definition) is 7. The number of methoxy groups -OCH3 is 1. The van der Waals surface area contributed by atoms with Gasteiger partial charge in [0.1, 0.15) is 11.8 Å². The Bertz CT molecular complexity index is 1420. The maximum absolute atomic E-state index is 12.7. The highest BCUT2D eigenvalue weighted by atomic mass is 32.2. The Morgan fingerprint density at radius 1 is 1.05 bits per heavy atom. The lowest BCUT2D eigenvalue weighted by molar-refractivity contribution is -0.140. The Labute approximate surface area is 228 Å². The molecule has 12 heteroatoms. The van der Waals surface area contributed by atoms with E-state index < -0.39 is 28.1 Å². The van der Waals surface area contributed by atoms with Crippen molar-refractivity contribution in [1.82, 2.24) is 13.9 Å². The number of carboxylic acid groups (broad SMARTS) is 1. The van der Waals surface area contributed by atoms with Crippen molar-refractivity contribution in [2.24, 2.45) is 5.92 Å². The van der Waals surface area contributed by atoms with Crippen molar-refractivity contribution in [2.45, 2.75) is 19.9 Å². The molecule has 2 N–H and O–H groups in total. The van der Waals surface area contributed by atoms with E-state index in [9.17, 15) is 23.1 Å². The summed E-state index contributed by atoms with van der Waals surface area (Å²) in [5.41, 5.74) is 2.48. The first-order valence-corrected chi connectivity index (χ1v) is 13.6. The van der Waals surface area contributed by atoms with Crippen molar-refractivity contribution in [2.75, 3.05) is 45.2 Å². The van der Waals surface area contributed by atoms with Crippen molar-refractivity contribution in [1.29, 1.82) is 5.26 Å². The van der Waals surface area contributed by atoms with Gasteiger partial charge in [-0.1, -0.05) is 25.7 Å². The van der Waals surface area contributed by atoms with Gasteiger partial charge in [0.15, 0.2) is 6.19 Å². The normalized spacial score (nSPS) is 14.6. The fourth-order valence-electron chi connectivity index (χ4n) is 3.97. The molecule has 1 heterocycles. The molecular formula is C27H31N5O6S. The molecule has 2 aromatic carbocycles. The number of ether oxygens (including phenoxy) is 1. The number of nitrogens with zero attached hydrogens (tertiary/aromatic N) is 4. The van der Waals surface area contributed by atoms with Gasteiger partial charge >= 0.3 is 5.97 Å². The highest BCUT2D eigenvalue weighted by Crippen LogP contribution is 2.22. The van der Waals surface area contributed by atoms with Crippen LogP contribution in [0.2, 0.25) is 0 Å². The number of aliphatic carboxylic acids is 1. The van der Waals surface area contributed by atoms with Crippen LogP contribution < -0.4 is 14.4 Å². The quantitative estimate of drug-likeness (QED) is 0.286. The molecule has 2 aromatic rings. The molecule has 1 atom stereocenters. The van der Waals surface area contributed by atoms with Crippen LogP contribution in [0.4, 0.5) is 5.69 Å². The van der Waals surface area contributed by atoms with Crippen molar-refractivity contribution < 1.29 is 27.9 Å². The number of anilines is 1. The smallest absolute Gasteiger partial charge is 0.322 e. The van der Waals surface area contributed by atoms with E-state index in [2.05, 4.69) is 16.6 Å². The van der Waals surface area contributed by atoms with Crippen LogP contribution in [0.25, 0.3) is 0 Å². The molecule has 1 fully saturated rings. The lowest BCUT2D eigenvalue weighted by atomic mass is 10.1. The second-order valence-corrected chi connectivity index (χ2v) is 10.9. The number of hydrogen-bond donors (Lipinski definition) is 2. The number of rotatable bonds is 8. The van der Waals surface area contributed by atoms with E-state index in [0.717, 1.165) is 16.2 Å². The van der Waals surface area contributed by atoms with Gasteiger partial charge in [-0.15, -0.1) is 0 Å². The summed E-state index contributed by atoms with van der Waals surface area (Å²) in [6, 6.07) is 11.3. The molecule has 11 nitrogen and oxygen atoms in total. The van der Waals surface area contributed by atoms with Crippen LogP contribution >= 0.6 is 0 Å². The molecular weight excluding hydrogens is 522 g/mol. The molecule has 206 valence electrons. The molecule has 0 spiro atoms. The molecule has 0 radical (unpaired) electrons. The van der Waals surface area contributed by atoms with E-state index in [4.69, 9.17) is 10.00 Å². The summed E-state index contributed by atoms with van der Waals surface area (Å²) >= 11 is 0. The van der Waals surface area contributed by atoms with E-state index in [1.165, 1.54) is 18.5 Å². The van der Waals surface area contributed by atoms with E-state index in [0.29, 0.717) is 24.4 Å². The van der Waals surface area contributed by atoms with Crippen LogP contribution in [0.15, 0.2) is 42.5 Å². The van der Waals surface area contributed by atoms with Gasteiger partial charge in [0.05, 0.1) is 12.7 Å². The maximum Gasteiger partial charge on any atom is 0.322 e.